The van der Waals surface area contributed by atoms with Crippen LogP contribution in [0.15, 0.2) is 58.7 Å². The number of para-hydroxylation sites is 2. The van der Waals surface area contributed by atoms with E-state index in [-0.39, 0.29) is 17.2 Å². The molecule has 2 aromatic carbocycles. The lowest BCUT2D eigenvalue weighted by molar-refractivity contribution is -0.138. The Kier molecular flexibility index (Phi) is 5.16. The number of carbonyl (C=O) groups is 2. The Hall–Kier alpha value is -3.68. The van der Waals surface area contributed by atoms with Gasteiger partial charge >= 0.3 is 11.9 Å². The molecular weight excluding hydrogens is 355 g/mol. The summed E-state index contributed by atoms with van der Waals surface area (Å²) in [5, 5.41) is 2.72. The summed E-state index contributed by atoms with van der Waals surface area (Å²) in [4.78, 5) is 27.5. The number of benzene rings is 2. The molecule has 0 saturated heterocycles. The first-order chi connectivity index (χ1) is 13.0. The number of aromatic nitrogens is 1. The lowest BCUT2D eigenvalue weighted by Gasteiger charge is -2.10. The van der Waals surface area contributed by atoms with Crippen LogP contribution in [0.25, 0.3) is 22.6 Å². The zero-order valence-corrected chi connectivity index (χ0v) is 14.5. The molecule has 0 saturated carbocycles. The number of esters is 2. The van der Waals surface area contributed by atoms with Gasteiger partial charge in [0.05, 0.1) is 25.9 Å². The summed E-state index contributed by atoms with van der Waals surface area (Å²) in [5.41, 5.74) is 1.37. The van der Waals surface area contributed by atoms with Crippen LogP contribution in [0.1, 0.15) is 0 Å². The zero-order chi connectivity index (χ0) is 19.4. The number of anilines is 1. The highest BCUT2D eigenvalue weighted by Gasteiger charge is 2.16. The highest BCUT2D eigenvalue weighted by atomic mass is 19.1. The van der Waals surface area contributed by atoms with Crippen molar-refractivity contribution in [2.75, 3.05) is 19.5 Å². The van der Waals surface area contributed by atoms with Crippen LogP contribution >= 0.6 is 0 Å². The zero-order valence-electron chi connectivity index (χ0n) is 14.5. The Labute approximate surface area is 153 Å². The molecule has 1 heterocycles. The number of rotatable bonds is 5. The second kappa shape index (κ2) is 7.69. The van der Waals surface area contributed by atoms with Gasteiger partial charge in [-0.2, -0.15) is 0 Å². The third kappa shape index (κ3) is 3.95. The van der Waals surface area contributed by atoms with Crippen LogP contribution in [0.5, 0.6) is 0 Å². The van der Waals surface area contributed by atoms with Gasteiger partial charge in [-0.25, -0.2) is 19.0 Å². The molecule has 0 atom stereocenters. The van der Waals surface area contributed by atoms with E-state index in [1.807, 2.05) is 0 Å². The number of methoxy groups -OCH3 is 2. The van der Waals surface area contributed by atoms with Gasteiger partial charge in [0.1, 0.15) is 17.0 Å². The summed E-state index contributed by atoms with van der Waals surface area (Å²) in [6.45, 7) is 0. The van der Waals surface area contributed by atoms with E-state index in [4.69, 9.17) is 4.42 Å². The molecule has 0 amide bonds. The van der Waals surface area contributed by atoms with E-state index in [9.17, 15) is 14.0 Å². The molecule has 27 heavy (non-hydrogen) atoms. The number of nitrogens with zero attached hydrogens (tertiary/aromatic N) is 1. The molecule has 0 bridgehead atoms. The summed E-state index contributed by atoms with van der Waals surface area (Å²) in [5.74, 6) is -1.99. The third-order valence-corrected chi connectivity index (χ3v) is 3.64. The smallest absolute Gasteiger partial charge is 0.354 e. The Morgan fingerprint density at radius 2 is 1.93 bits per heavy atom. The van der Waals surface area contributed by atoms with Gasteiger partial charge in [0.15, 0.2) is 5.58 Å². The summed E-state index contributed by atoms with van der Waals surface area (Å²) in [6.07, 6.45) is 0.939. The van der Waals surface area contributed by atoms with E-state index in [1.54, 1.807) is 24.3 Å². The lowest BCUT2D eigenvalue weighted by atomic mass is 10.1. The SMILES string of the molecule is COC(=O)/C=C(/Nc1ccc(F)c(-c2nc3ccccc3o2)c1)C(=O)OC. The first-order valence-corrected chi connectivity index (χ1v) is 7.82. The van der Waals surface area contributed by atoms with Crippen molar-refractivity contribution in [1.29, 1.82) is 0 Å². The van der Waals surface area contributed by atoms with Gasteiger partial charge in [0.2, 0.25) is 5.89 Å². The maximum Gasteiger partial charge on any atom is 0.354 e. The van der Waals surface area contributed by atoms with Crippen molar-refractivity contribution < 1.29 is 27.9 Å². The maximum atomic E-state index is 14.3. The second-order valence-electron chi connectivity index (χ2n) is 5.38. The van der Waals surface area contributed by atoms with E-state index < -0.39 is 17.8 Å². The van der Waals surface area contributed by atoms with Crippen LogP contribution in [-0.2, 0) is 19.1 Å². The average Bonchev–Trinajstić information content (AvgIpc) is 3.12. The molecule has 0 aliphatic heterocycles. The highest BCUT2D eigenvalue weighted by molar-refractivity contribution is 5.98. The monoisotopic (exact) mass is 370 g/mol. The summed E-state index contributed by atoms with van der Waals surface area (Å²) in [6, 6.07) is 11.1. The minimum absolute atomic E-state index is 0.0916. The van der Waals surface area contributed by atoms with Gasteiger partial charge < -0.3 is 19.2 Å². The number of ether oxygens (including phenoxy) is 2. The number of nitrogens with one attached hydrogen (secondary N) is 1. The van der Waals surface area contributed by atoms with Crippen molar-refractivity contribution in [2.45, 2.75) is 0 Å². The molecule has 3 rings (SSSR count). The van der Waals surface area contributed by atoms with Crippen molar-refractivity contribution in [2.24, 2.45) is 0 Å². The molecule has 8 heteroatoms. The van der Waals surface area contributed by atoms with E-state index in [0.717, 1.165) is 6.08 Å². The van der Waals surface area contributed by atoms with Crippen LogP contribution in [-0.4, -0.2) is 31.1 Å². The predicted molar refractivity (Wildman–Crippen MR) is 95.1 cm³/mol. The first-order valence-electron chi connectivity index (χ1n) is 7.82. The molecule has 0 aliphatic carbocycles. The first kappa shape index (κ1) is 18.1. The maximum absolute atomic E-state index is 14.3. The molecule has 0 radical (unpaired) electrons. The van der Waals surface area contributed by atoms with Gasteiger partial charge in [-0.1, -0.05) is 12.1 Å². The largest absolute Gasteiger partial charge is 0.466 e. The van der Waals surface area contributed by atoms with Gasteiger partial charge in [-0.05, 0) is 30.3 Å². The molecule has 1 aromatic heterocycles. The van der Waals surface area contributed by atoms with Crippen molar-refractivity contribution in [3.05, 3.63) is 60.1 Å². The average molecular weight is 370 g/mol. The number of hydrogen-bond donors (Lipinski definition) is 1. The fourth-order valence-corrected chi connectivity index (χ4v) is 2.34. The van der Waals surface area contributed by atoms with Crippen LogP contribution in [0.2, 0.25) is 0 Å². The fraction of sp³-hybridized carbons (Fsp3) is 0.105. The topological polar surface area (TPSA) is 90.7 Å². The normalized spacial score (nSPS) is 11.3. The molecule has 0 unspecified atom stereocenters. The Morgan fingerprint density at radius 1 is 1.15 bits per heavy atom. The van der Waals surface area contributed by atoms with Gasteiger partial charge in [0.25, 0.3) is 0 Å². The molecule has 3 aromatic rings. The highest BCUT2D eigenvalue weighted by Crippen LogP contribution is 2.29. The number of halogens is 1. The Balaban J connectivity index is 1.98. The molecule has 0 spiro atoms. The molecule has 0 aliphatic rings. The Bertz CT molecular complexity index is 1010. The number of carbonyl (C=O) groups excluding carboxylic acids is 2. The fourth-order valence-electron chi connectivity index (χ4n) is 2.34. The van der Waals surface area contributed by atoms with Crippen molar-refractivity contribution in [3.8, 4) is 11.5 Å². The van der Waals surface area contributed by atoms with Gasteiger partial charge in [-0.15, -0.1) is 0 Å². The van der Waals surface area contributed by atoms with Crippen molar-refractivity contribution >= 4 is 28.7 Å². The summed E-state index contributed by atoms with van der Waals surface area (Å²) in [7, 11) is 2.35. The minimum atomic E-state index is -0.784. The lowest BCUT2D eigenvalue weighted by Crippen LogP contribution is -2.15. The number of hydrogen-bond acceptors (Lipinski definition) is 7. The second-order valence-corrected chi connectivity index (χ2v) is 5.38. The molecule has 7 nitrogen and oxygen atoms in total. The third-order valence-electron chi connectivity index (χ3n) is 3.64. The quantitative estimate of drug-likeness (QED) is 0.544. The van der Waals surface area contributed by atoms with Crippen molar-refractivity contribution in [3.63, 3.8) is 0 Å². The van der Waals surface area contributed by atoms with E-state index in [1.165, 1.54) is 32.4 Å². The summed E-state index contributed by atoms with van der Waals surface area (Å²) >= 11 is 0. The number of fused-ring (bicyclic) bond motifs is 1. The minimum Gasteiger partial charge on any atom is -0.466 e. The van der Waals surface area contributed by atoms with Gasteiger partial charge in [0, 0.05) is 5.69 Å². The number of oxazole rings is 1. The molecule has 0 fully saturated rings. The van der Waals surface area contributed by atoms with Crippen LogP contribution in [0.4, 0.5) is 10.1 Å². The van der Waals surface area contributed by atoms with Crippen LogP contribution in [0.3, 0.4) is 0 Å². The van der Waals surface area contributed by atoms with E-state index in [0.29, 0.717) is 16.8 Å². The standard InChI is InChI=1S/C19H15FN2O5/c1-25-17(23)10-15(19(24)26-2)21-11-7-8-13(20)12(9-11)18-22-14-5-3-4-6-16(14)27-18/h3-10,21H,1-2H3/b15-10+. The van der Waals surface area contributed by atoms with Crippen LogP contribution in [0, 0.1) is 5.82 Å². The molecular formula is C19H15FN2O5. The summed E-state index contributed by atoms with van der Waals surface area (Å²) < 4.78 is 29.0. The molecule has 1 N–H and O–H groups in total. The predicted octanol–water partition coefficient (Wildman–Crippen LogP) is 3.28. The van der Waals surface area contributed by atoms with Crippen LogP contribution < -0.4 is 5.32 Å². The Morgan fingerprint density at radius 3 is 2.63 bits per heavy atom. The molecule has 138 valence electrons. The van der Waals surface area contributed by atoms with E-state index in [2.05, 4.69) is 19.8 Å². The van der Waals surface area contributed by atoms with Gasteiger partial charge in [-0.3, -0.25) is 0 Å². The van der Waals surface area contributed by atoms with Crippen molar-refractivity contribution in [1.82, 2.24) is 4.98 Å². The van der Waals surface area contributed by atoms with E-state index >= 15 is 0 Å².